The van der Waals surface area contributed by atoms with Crippen LogP contribution in [0.2, 0.25) is 10.0 Å². The van der Waals surface area contributed by atoms with E-state index in [2.05, 4.69) is 10.5 Å². The number of anilines is 1. The first-order chi connectivity index (χ1) is 19.8. The van der Waals surface area contributed by atoms with Crippen LogP contribution in [0.1, 0.15) is 18.1 Å². The van der Waals surface area contributed by atoms with Crippen LogP contribution in [-0.2, 0) is 21.4 Å². The monoisotopic (exact) mass is 611 g/mol. The standard InChI is InChI=1S/C30H27Cl2N3O5S/c1-2-39-29-17-23(11-16-28(29)40-21-22-7-4-3-5-8-22)19-33-34-30(36)20-35(26-10-6-9-25(32)18-26)41(37,38)27-14-12-24(31)13-15-27/h3-19H,2,20-21H2,1H3,(H,34,36)/b33-19-. The molecule has 1 N–H and O–H groups in total. The molecule has 0 saturated heterocycles. The van der Waals surface area contributed by atoms with Crippen molar-refractivity contribution in [1.29, 1.82) is 0 Å². The highest BCUT2D eigenvalue weighted by molar-refractivity contribution is 7.92. The van der Waals surface area contributed by atoms with Crippen molar-refractivity contribution in [2.45, 2.75) is 18.4 Å². The van der Waals surface area contributed by atoms with Crippen LogP contribution in [0.5, 0.6) is 11.5 Å². The molecule has 0 spiro atoms. The second-order valence-corrected chi connectivity index (χ2v) is 11.4. The van der Waals surface area contributed by atoms with Crippen LogP contribution in [0.15, 0.2) is 107 Å². The summed E-state index contributed by atoms with van der Waals surface area (Å²) in [6.45, 7) is 2.14. The molecule has 0 fully saturated rings. The summed E-state index contributed by atoms with van der Waals surface area (Å²) in [4.78, 5) is 12.8. The van der Waals surface area contributed by atoms with Crippen molar-refractivity contribution in [3.8, 4) is 11.5 Å². The molecule has 0 aliphatic carbocycles. The number of hydrazone groups is 1. The van der Waals surface area contributed by atoms with E-state index in [1.807, 2.05) is 37.3 Å². The lowest BCUT2D eigenvalue weighted by molar-refractivity contribution is -0.119. The summed E-state index contributed by atoms with van der Waals surface area (Å²) in [5.41, 5.74) is 4.27. The third-order valence-electron chi connectivity index (χ3n) is 5.69. The van der Waals surface area contributed by atoms with Crippen LogP contribution in [-0.4, -0.2) is 33.7 Å². The topological polar surface area (TPSA) is 97.3 Å². The van der Waals surface area contributed by atoms with E-state index in [0.717, 1.165) is 9.87 Å². The fraction of sp³-hybridized carbons (Fsp3) is 0.133. The maximum atomic E-state index is 13.5. The SMILES string of the molecule is CCOc1cc(/C=N\NC(=O)CN(c2cccc(Cl)c2)S(=O)(=O)c2ccc(Cl)cc2)ccc1OCc1ccccc1. The van der Waals surface area contributed by atoms with Gasteiger partial charge in [0, 0.05) is 10.0 Å². The van der Waals surface area contributed by atoms with Gasteiger partial charge in [0.2, 0.25) is 0 Å². The van der Waals surface area contributed by atoms with Gasteiger partial charge in [-0.3, -0.25) is 9.10 Å². The molecule has 212 valence electrons. The number of sulfonamides is 1. The Morgan fingerprint density at radius 1 is 0.878 bits per heavy atom. The van der Waals surface area contributed by atoms with Crippen molar-refractivity contribution >= 4 is 51.0 Å². The number of nitrogens with one attached hydrogen (secondary N) is 1. The van der Waals surface area contributed by atoms with Crippen LogP contribution in [0.3, 0.4) is 0 Å². The minimum absolute atomic E-state index is 0.0313. The van der Waals surface area contributed by atoms with E-state index < -0.39 is 22.5 Å². The Labute approximate surface area is 249 Å². The Hall–Kier alpha value is -4.05. The zero-order valence-corrected chi connectivity index (χ0v) is 24.4. The molecule has 4 rings (SSSR count). The molecule has 0 saturated carbocycles. The molecule has 4 aromatic carbocycles. The zero-order valence-electron chi connectivity index (χ0n) is 22.0. The van der Waals surface area contributed by atoms with Crippen LogP contribution >= 0.6 is 23.2 Å². The van der Waals surface area contributed by atoms with Gasteiger partial charge in [0.25, 0.3) is 15.9 Å². The van der Waals surface area contributed by atoms with E-state index >= 15 is 0 Å². The van der Waals surface area contributed by atoms with E-state index in [9.17, 15) is 13.2 Å². The van der Waals surface area contributed by atoms with Crippen molar-refractivity contribution in [2.75, 3.05) is 17.5 Å². The number of nitrogens with zero attached hydrogens (tertiary/aromatic N) is 2. The Balaban J connectivity index is 1.47. The van der Waals surface area contributed by atoms with Gasteiger partial charge in [-0.2, -0.15) is 5.10 Å². The number of benzene rings is 4. The van der Waals surface area contributed by atoms with Crippen molar-refractivity contribution in [3.63, 3.8) is 0 Å². The first-order valence-corrected chi connectivity index (χ1v) is 14.7. The van der Waals surface area contributed by atoms with E-state index in [0.29, 0.717) is 40.3 Å². The maximum Gasteiger partial charge on any atom is 0.264 e. The van der Waals surface area contributed by atoms with Crippen LogP contribution in [0, 0.1) is 0 Å². The quantitative estimate of drug-likeness (QED) is 0.149. The molecule has 1 amide bonds. The fourth-order valence-electron chi connectivity index (χ4n) is 3.75. The third kappa shape index (κ3) is 8.23. The highest BCUT2D eigenvalue weighted by atomic mass is 35.5. The summed E-state index contributed by atoms with van der Waals surface area (Å²) in [5.74, 6) is 0.438. The average Bonchev–Trinajstić information content (AvgIpc) is 2.96. The van der Waals surface area contributed by atoms with Gasteiger partial charge in [-0.1, -0.05) is 59.6 Å². The molecule has 0 atom stereocenters. The molecule has 0 heterocycles. The predicted octanol–water partition coefficient (Wildman–Crippen LogP) is 6.32. The number of rotatable bonds is 12. The summed E-state index contributed by atoms with van der Waals surface area (Å²) in [5, 5.41) is 4.71. The highest BCUT2D eigenvalue weighted by Crippen LogP contribution is 2.29. The minimum atomic E-state index is -4.13. The van der Waals surface area contributed by atoms with Crippen LogP contribution < -0.4 is 19.2 Å². The van der Waals surface area contributed by atoms with Gasteiger partial charge in [-0.25, -0.2) is 13.8 Å². The van der Waals surface area contributed by atoms with Crippen LogP contribution in [0.4, 0.5) is 5.69 Å². The smallest absolute Gasteiger partial charge is 0.264 e. The predicted molar refractivity (Wildman–Crippen MR) is 162 cm³/mol. The maximum absolute atomic E-state index is 13.5. The number of hydrogen-bond donors (Lipinski definition) is 1. The molecule has 11 heteroatoms. The van der Waals surface area contributed by atoms with Gasteiger partial charge in [0.1, 0.15) is 13.2 Å². The van der Waals surface area contributed by atoms with Crippen molar-refractivity contribution < 1.29 is 22.7 Å². The minimum Gasteiger partial charge on any atom is -0.490 e. The number of carbonyl (C=O) groups excluding carboxylic acids is 1. The van der Waals surface area contributed by atoms with Crippen LogP contribution in [0.25, 0.3) is 0 Å². The summed E-state index contributed by atoms with van der Waals surface area (Å²) >= 11 is 12.0. The van der Waals surface area contributed by atoms with Gasteiger partial charge < -0.3 is 9.47 Å². The zero-order chi connectivity index (χ0) is 29.2. The number of amides is 1. The number of ether oxygens (including phenoxy) is 2. The number of halogens is 2. The molecule has 0 radical (unpaired) electrons. The summed E-state index contributed by atoms with van der Waals surface area (Å²) in [6.07, 6.45) is 1.43. The normalized spacial score (nSPS) is 11.3. The Bertz CT molecular complexity index is 1620. The van der Waals surface area contributed by atoms with Gasteiger partial charge in [0.05, 0.1) is 23.4 Å². The lowest BCUT2D eigenvalue weighted by Gasteiger charge is -2.23. The molecule has 41 heavy (non-hydrogen) atoms. The number of hydrogen-bond acceptors (Lipinski definition) is 6. The van der Waals surface area contributed by atoms with E-state index in [-0.39, 0.29) is 10.6 Å². The summed E-state index contributed by atoms with van der Waals surface area (Å²) in [6, 6.07) is 26.9. The van der Waals surface area contributed by atoms with Crippen molar-refractivity contribution in [2.24, 2.45) is 5.10 Å². The van der Waals surface area contributed by atoms with Gasteiger partial charge >= 0.3 is 0 Å². The summed E-state index contributed by atoms with van der Waals surface area (Å²) < 4.78 is 39.5. The molecule has 0 aromatic heterocycles. The molecule has 4 aromatic rings. The van der Waals surface area contributed by atoms with Gasteiger partial charge in [-0.05, 0) is 78.7 Å². The van der Waals surface area contributed by atoms with Crippen molar-refractivity contribution in [3.05, 3.63) is 118 Å². The lowest BCUT2D eigenvalue weighted by atomic mass is 10.2. The van der Waals surface area contributed by atoms with Crippen molar-refractivity contribution in [1.82, 2.24) is 5.43 Å². The Kier molecular flexibility index (Phi) is 10.2. The lowest BCUT2D eigenvalue weighted by Crippen LogP contribution is -2.39. The molecule has 0 aliphatic heterocycles. The average molecular weight is 613 g/mol. The fourth-order valence-corrected chi connectivity index (χ4v) is 5.48. The van der Waals surface area contributed by atoms with E-state index in [1.54, 1.807) is 36.4 Å². The van der Waals surface area contributed by atoms with E-state index in [4.69, 9.17) is 32.7 Å². The first-order valence-electron chi connectivity index (χ1n) is 12.6. The van der Waals surface area contributed by atoms with E-state index in [1.165, 1.54) is 36.5 Å². The first kappa shape index (κ1) is 29.9. The largest absolute Gasteiger partial charge is 0.490 e. The Morgan fingerprint density at radius 2 is 1.63 bits per heavy atom. The summed E-state index contributed by atoms with van der Waals surface area (Å²) in [7, 11) is -4.13. The second-order valence-electron chi connectivity index (χ2n) is 8.65. The third-order valence-corrected chi connectivity index (χ3v) is 7.97. The molecule has 0 unspecified atom stereocenters. The number of carbonyl (C=O) groups is 1. The Morgan fingerprint density at radius 3 is 2.34 bits per heavy atom. The molecular weight excluding hydrogens is 585 g/mol. The second kappa shape index (κ2) is 14.0. The van der Waals surface area contributed by atoms with Gasteiger partial charge in [-0.15, -0.1) is 0 Å². The molecule has 0 aliphatic rings. The molecule has 0 bridgehead atoms. The van der Waals surface area contributed by atoms with Gasteiger partial charge in [0.15, 0.2) is 11.5 Å². The molecular formula is C30H27Cl2N3O5S. The highest BCUT2D eigenvalue weighted by Gasteiger charge is 2.27. The molecule has 8 nitrogen and oxygen atoms in total.